The fraction of sp³-hybridized carbons (Fsp3) is 0.562. The largest absolute Gasteiger partial charge is 0.507 e. The zero-order valence-electron chi connectivity index (χ0n) is 11.9. The van der Waals surface area contributed by atoms with Gasteiger partial charge in [-0.05, 0) is 49.3 Å². The van der Waals surface area contributed by atoms with E-state index in [0.29, 0.717) is 17.4 Å². The molecule has 2 fully saturated rings. The van der Waals surface area contributed by atoms with Gasteiger partial charge in [-0.2, -0.15) is 0 Å². The number of carbonyl (C=O) groups is 1. The van der Waals surface area contributed by atoms with Crippen LogP contribution in [-0.2, 0) is 0 Å². The van der Waals surface area contributed by atoms with Gasteiger partial charge in [-0.1, -0.05) is 12.5 Å². The number of aromatic hydroxyl groups is 1. The molecule has 3 unspecified atom stereocenters. The Labute approximate surface area is 119 Å². The van der Waals surface area contributed by atoms with Crippen LogP contribution in [0.15, 0.2) is 18.2 Å². The number of rotatable bonds is 1. The zero-order chi connectivity index (χ0) is 14.3. The Balaban J connectivity index is 1.78. The summed E-state index contributed by atoms with van der Waals surface area (Å²) in [6, 6.07) is 5.44. The van der Waals surface area contributed by atoms with E-state index < -0.39 is 0 Å². The van der Waals surface area contributed by atoms with E-state index in [2.05, 4.69) is 0 Å². The number of nitrogens with two attached hydrogens (primary N) is 1. The van der Waals surface area contributed by atoms with E-state index in [9.17, 15) is 9.90 Å². The molecule has 1 heterocycles. The normalized spacial score (nSPS) is 29.3. The maximum Gasteiger partial charge on any atom is 0.257 e. The van der Waals surface area contributed by atoms with Gasteiger partial charge in [-0.3, -0.25) is 4.79 Å². The van der Waals surface area contributed by atoms with Crippen LogP contribution in [0.25, 0.3) is 0 Å². The quantitative estimate of drug-likeness (QED) is 0.822. The molecule has 3 N–H and O–H groups in total. The van der Waals surface area contributed by atoms with E-state index in [1.165, 1.54) is 12.8 Å². The highest BCUT2D eigenvalue weighted by Gasteiger charge is 2.40. The van der Waals surface area contributed by atoms with Crippen molar-refractivity contribution in [1.82, 2.24) is 4.90 Å². The topological polar surface area (TPSA) is 66.6 Å². The molecule has 3 atom stereocenters. The molecule has 0 bridgehead atoms. The van der Waals surface area contributed by atoms with Crippen LogP contribution in [0.1, 0.15) is 35.2 Å². The van der Waals surface area contributed by atoms with Gasteiger partial charge in [-0.15, -0.1) is 0 Å². The Kier molecular flexibility index (Phi) is 3.42. The fourth-order valence-electron chi connectivity index (χ4n) is 3.68. The van der Waals surface area contributed by atoms with Gasteiger partial charge in [-0.25, -0.2) is 0 Å². The number of benzene rings is 1. The minimum absolute atomic E-state index is 0.0656. The summed E-state index contributed by atoms with van der Waals surface area (Å²) >= 11 is 0. The number of phenols is 1. The SMILES string of the molecule is Cc1ccc(C(=O)N2CC3CCCC(N)C3C2)c(O)c1. The van der Waals surface area contributed by atoms with Crippen LogP contribution in [0.3, 0.4) is 0 Å². The molecule has 1 saturated carbocycles. The monoisotopic (exact) mass is 274 g/mol. The lowest BCUT2D eigenvalue weighted by atomic mass is 9.78. The third-order valence-electron chi connectivity index (χ3n) is 4.82. The van der Waals surface area contributed by atoms with Gasteiger partial charge in [0.25, 0.3) is 5.91 Å². The smallest absolute Gasteiger partial charge is 0.257 e. The molecule has 108 valence electrons. The lowest BCUT2D eigenvalue weighted by Crippen LogP contribution is -2.38. The van der Waals surface area contributed by atoms with Crippen LogP contribution in [0.2, 0.25) is 0 Å². The number of nitrogens with zero attached hydrogens (tertiary/aromatic N) is 1. The maximum atomic E-state index is 12.6. The standard InChI is InChI=1S/C16H22N2O2/c1-10-5-6-12(15(19)7-10)16(20)18-8-11-3-2-4-14(17)13(11)9-18/h5-7,11,13-14,19H,2-4,8-9,17H2,1H3. The molecular weight excluding hydrogens is 252 g/mol. The van der Waals surface area contributed by atoms with Crippen LogP contribution >= 0.6 is 0 Å². The molecule has 0 aromatic heterocycles. The maximum absolute atomic E-state index is 12.6. The molecule has 20 heavy (non-hydrogen) atoms. The van der Waals surface area contributed by atoms with Gasteiger partial charge < -0.3 is 15.7 Å². The van der Waals surface area contributed by atoms with Crippen molar-refractivity contribution in [3.8, 4) is 5.75 Å². The summed E-state index contributed by atoms with van der Waals surface area (Å²) in [7, 11) is 0. The number of aryl methyl sites for hydroxylation is 1. The van der Waals surface area contributed by atoms with Crippen LogP contribution in [0.4, 0.5) is 0 Å². The second-order valence-electron chi connectivity index (χ2n) is 6.25. The van der Waals surface area contributed by atoms with Crippen molar-refractivity contribution in [2.45, 2.75) is 32.2 Å². The number of carbonyl (C=O) groups excluding carboxylic acids is 1. The third-order valence-corrected chi connectivity index (χ3v) is 4.82. The van der Waals surface area contributed by atoms with Gasteiger partial charge in [0, 0.05) is 19.1 Å². The van der Waals surface area contributed by atoms with E-state index in [1.807, 2.05) is 17.9 Å². The Hall–Kier alpha value is -1.55. The lowest BCUT2D eigenvalue weighted by molar-refractivity contribution is 0.0780. The van der Waals surface area contributed by atoms with E-state index >= 15 is 0 Å². The van der Waals surface area contributed by atoms with Crippen molar-refractivity contribution in [2.24, 2.45) is 17.6 Å². The number of hydrogen-bond donors (Lipinski definition) is 2. The molecule has 2 aliphatic rings. The Bertz CT molecular complexity index is 529. The number of amides is 1. The number of fused-ring (bicyclic) bond motifs is 1. The molecule has 3 rings (SSSR count). The Morgan fingerprint density at radius 1 is 1.35 bits per heavy atom. The van der Waals surface area contributed by atoms with Gasteiger partial charge in [0.05, 0.1) is 5.56 Å². The van der Waals surface area contributed by atoms with Crippen molar-refractivity contribution < 1.29 is 9.90 Å². The molecule has 1 amide bonds. The lowest BCUT2D eigenvalue weighted by Gasteiger charge is -2.29. The first-order valence-electron chi connectivity index (χ1n) is 7.40. The van der Waals surface area contributed by atoms with Crippen molar-refractivity contribution in [3.63, 3.8) is 0 Å². The molecular formula is C16H22N2O2. The second kappa shape index (κ2) is 5.09. The van der Waals surface area contributed by atoms with Crippen LogP contribution < -0.4 is 5.73 Å². The van der Waals surface area contributed by atoms with Crippen LogP contribution in [0.5, 0.6) is 5.75 Å². The van der Waals surface area contributed by atoms with Crippen LogP contribution in [-0.4, -0.2) is 35.0 Å². The van der Waals surface area contributed by atoms with Gasteiger partial charge in [0.2, 0.25) is 0 Å². The summed E-state index contributed by atoms with van der Waals surface area (Å²) in [6.45, 7) is 3.42. The first-order chi connectivity index (χ1) is 9.56. The van der Waals surface area contributed by atoms with E-state index in [-0.39, 0.29) is 17.7 Å². The Morgan fingerprint density at radius 3 is 2.85 bits per heavy atom. The summed E-state index contributed by atoms with van der Waals surface area (Å²) in [5.74, 6) is 0.980. The van der Waals surface area contributed by atoms with E-state index in [0.717, 1.165) is 25.1 Å². The molecule has 1 saturated heterocycles. The molecule has 4 nitrogen and oxygen atoms in total. The second-order valence-corrected chi connectivity index (χ2v) is 6.25. The minimum atomic E-state index is -0.0656. The summed E-state index contributed by atoms with van der Waals surface area (Å²) < 4.78 is 0. The summed E-state index contributed by atoms with van der Waals surface area (Å²) in [5, 5.41) is 9.96. The predicted octanol–water partition coefficient (Wildman–Crippen LogP) is 1.90. The van der Waals surface area contributed by atoms with Crippen molar-refractivity contribution in [1.29, 1.82) is 0 Å². The average Bonchev–Trinajstić information content (AvgIpc) is 2.83. The molecule has 1 aromatic rings. The minimum Gasteiger partial charge on any atom is -0.507 e. The van der Waals surface area contributed by atoms with E-state index in [1.54, 1.807) is 12.1 Å². The summed E-state index contributed by atoms with van der Waals surface area (Å²) in [4.78, 5) is 14.4. The third kappa shape index (κ3) is 2.29. The van der Waals surface area contributed by atoms with Gasteiger partial charge in [0.1, 0.15) is 5.75 Å². The molecule has 0 radical (unpaired) electrons. The first-order valence-corrected chi connectivity index (χ1v) is 7.40. The first kappa shape index (κ1) is 13.4. The number of likely N-dealkylation sites (tertiary alicyclic amines) is 1. The van der Waals surface area contributed by atoms with E-state index in [4.69, 9.17) is 5.73 Å². The zero-order valence-corrected chi connectivity index (χ0v) is 11.9. The Morgan fingerprint density at radius 2 is 2.15 bits per heavy atom. The molecule has 0 spiro atoms. The van der Waals surface area contributed by atoms with Gasteiger partial charge >= 0.3 is 0 Å². The highest BCUT2D eigenvalue weighted by molar-refractivity contribution is 5.97. The molecule has 1 aliphatic carbocycles. The molecule has 4 heteroatoms. The highest BCUT2D eigenvalue weighted by Crippen LogP contribution is 2.36. The number of hydrogen-bond acceptors (Lipinski definition) is 3. The van der Waals surface area contributed by atoms with Gasteiger partial charge in [0.15, 0.2) is 0 Å². The molecule has 1 aromatic carbocycles. The summed E-state index contributed by atoms with van der Waals surface area (Å²) in [6.07, 6.45) is 3.40. The van der Waals surface area contributed by atoms with Crippen molar-refractivity contribution in [3.05, 3.63) is 29.3 Å². The van der Waals surface area contributed by atoms with Crippen LogP contribution in [0, 0.1) is 18.8 Å². The summed E-state index contributed by atoms with van der Waals surface area (Å²) in [5.41, 5.74) is 7.54. The van der Waals surface area contributed by atoms with Crippen molar-refractivity contribution >= 4 is 5.91 Å². The molecule has 1 aliphatic heterocycles. The van der Waals surface area contributed by atoms with Crippen molar-refractivity contribution in [2.75, 3.05) is 13.1 Å². The average molecular weight is 274 g/mol. The predicted molar refractivity (Wildman–Crippen MR) is 77.6 cm³/mol. The fourth-order valence-corrected chi connectivity index (χ4v) is 3.68. The number of phenolic OH excluding ortho intramolecular Hbond substituents is 1. The highest BCUT2D eigenvalue weighted by atomic mass is 16.3.